The van der Waals surface area contributed by atoms with Crippen molar-refractivity contribution in [2.75, 3.05) is 5.73 Å². The summed E-state index contributed by atoms with van der Waals surface area (Å²) in [6.45, 7) is 6.14. The molecule has 0 atom stereocenters. The third-order valence-electron chi connectivity index (χ3n) is 1.84. The Hall–Kier alpha value is -1.08. The summed E-state index contributed by atoms with van der Waals surface area (Å²) in [5.74, 6) is 0.292. The van der Waals surface area contributed by atoms with Crippen LogP contribution in [0.15, 0.2) is 10.5 Å². The van der Waals surface area contributed by atoms with Gasteiger partial charge in [0.05, 0.1) is 11.3 Å². The number of hydrogen-bond acceptors (Lipinski definition) is 3. The Morgan fingerprint density at radius 3 is 2.50 bits per heavy atom. The quantitative estimate of drug-likeness (QED) is 0.773. The van der Waals surface area contributed by atoms with Crippen LogP contribution in [-0.4, -0.2) is 4.98 Å². The summed E-state index contributed by atoms with van der Waals surface area (Å²) < 4.78 is 0.829. The lowest BCUT2D eigenvalue weighted by atomic mass is 9.91. The van der Waals surface area contributed by atoms with Gasteiger partial charge in [0.15, 0.2) is 0 Å². The van der Waals surface area contributed by atoms with E-state index < -0.39 is 0 Å². The number of anilines is 1. The Bertz CT molecular complexity index is 399. The first-order valence-corrected chi connectivity index (χ1v) is 5.02. The van der Waals surface area contributed by atoms with Crippen molar-refractivity contribution in [3.8, 4) is 6.07 Å². The number of pyridine rings is 1. The number of hydrogen-bond donors (Lipinski definition) is 1. The highest BCUT2D eigenvalue weighted by molar-refractivity contribution is 9.10. The summed E-state index contributed by atoms with van der Waals surface area (Å²) in [7, 11) is 0. The molecule has 0 saturated carbocycles. The van der Waals surface area contributed by atoms with Crippen molar-refractivity contribution in [1.82, 2.24) is 4.98 Å². The first-order valence-electron chi connectivity index (χ1n) is 4.23. The topological polar surface area (TPSA) is 62.7 Å². The van der Waals surface area contributed by atoms with E-state index in [1.165, 1.54) is 0 Å². The second-order valence-corrected chi connectivity index (χ2v) is 4.97. The predicted molar refractivity (Wildman–Crippen MR) is 59.8 cm³/mol. The van der Waals surface area contributed by atoms with Crippen molar-refractivity contribution in [1.29, 1.82) is 5.26 Å². The van der Waals surface area contributed by atoms with Crippen molar-refractivity contribution in [2.45, 2.75) is 26.2 Å². The standard InChI is InChI=1S/C10H12BrN3/c1-10(2,3)8-7(11)4-6(5-12)9(13)14-8/h4H,1-3H3,(H2,13,14). The predicted octanol–water partition coefficient (Wildman–Crippen LogP) is 2.60. The summed E-state index contributed by atoms with van der Waals surface area (Å²) in [5.41, 5.74) is 6.84. The maximum Gasteiger partial charge on any atom is 0.141 e. The Kier molecular flexibility index (Phi) is 2.81. The lowest BCUT2D eigenvalue weighted by Gasteiger charge is -2.19. The molecular weight excluding hydrogens is 242 g/mol. The fourth-order valence-corrected chi connectivity index (χ4v) is 2.03. The molecule has 0 fully saturated rings. The van der Waals surface area contributed by atoms with Crippen LogP contribution >= 0.6 is 15.9 Å². The van der Waals surface area contributed by atoms with Crippen LogP contribution in [-0.2, 0) is 5.41 Å². The van der Waals surface area contributed by atoms with Gasteiger partial charge in [0, 0.05) is 9.89 Å². The molecule has 3 nitrogen and oxygen atoms in total. The van der Waals surface area contributed by atoms with Gasteiger partial charge in [-0.3, -0.25) is 0 Å². The van der Waals surface area contributed by atoms with Gasteiger partial charge in [0.2, 0.25) is 0 Å². The van der Waals surface area contributed by atoms with Crippen LogP contribution in [0.4, 0.5) is 5.82 Å². The van der Waals surface area contributed by atoms with Gasteiger partial charge in [-0.25, -0.2) is 4.98 Å². The smallest absolute Gasteiger partial charge is 0.141 e. The second-order valence-electron chi connectivity index (χ2n) is 4.11. The van der Waals surface area contributed by atoms with Crippen LogP contribution in [0.1, 0.15) is 32.0 Å². The molecule has 1 rings (SSSR count). The zero-order valence-corrected chi connectivity index (χ0v) is 10.0. The van der Waals surface area contributed by atoms with E-state index in [9.17, 15) is 0 Å². The van der Waals surface area contributed by atoms with Gasteiger partial charge in [-0.15, -0.1) is 0 Å². The van der Waals surface area contributed by atoms with Crippen LogP contribution in [0.2, 0.25) is 0 Å². The van der Waals surface area contributed by atoms with E-state index in [2.05, 4.69) is 20.9 Å². The van der Waals surface area contributed by atoms with Gasteiger partial charge in [-0.2, -0.15) is 5.26 Å². The third-order valence-corrected chi connectivity index (χ3v) is 2.44. The maximum atomic E-state index is 8.75. The molecule has 1 heterocycles. The molecule has 0 saturated heterocycles. The Balaban J connectivity index is 3.38. The monoisotopic (exact) mass is 253 g/mol. The van der Waals surface area contributed by atoms with Gasteiger partial charge in [0.25, 0.3) is 0 Å². The van der Waals surface area contributed by atoms with E-state index in [0.717, 1.165) is 10.2 Å². The van der Waals surface area contributed by atoms with Crippen LogP contribution < -0.4 is 5.73 Å². The number of halogens is 1. The summed E-state index contributed by atoms with van der Waals surface area (Å²) in [6.07, 6.45) is 0. The highest BCUT2D eigenvalue weighted by Crippen LogP contribution is 2.30. The molecule has 14 heavy (non-hydrogen) atoms. The van der Waals surface area contributed by atoms with Gasteiger partial charge in [-0.05, 0) is 22.0 Å². The van der Waals surface area contributed by atoms with Crippen LogP contribution in [0.25, 0.3) is 0 Å². The van der Waals surface area contributed by atoms with Crippen molar-refractivity contribution in [2.24, 2.45) is 0 Å². The van der Waals surface area contributed by atoms with Gasteiger partial charge >= 0.3 is 0 Å². The average Bonchev–Trinajstić information content (AvgIpc) is 2.06. The summed E-state index contributed by atoms with van der Waals surface area (Å²) >= 11 is 3.39. The number of nitrogens with zero attached hydrogens (tertiary/aromatic N) is 2. The molecule has 0 unspecified atom stereocenters. The lowest BCUT2D eigenvalue weighted by molar-refractivity contribution is 0.566. The average molecular weight is 254 g/mol. The van der Waals surface area contributed by atoms with E-state index in [0.29, 0.717) is 11.4 Å². The minimum absolute atomic E-state index is 0.0824. The van der Waals surface area contributed by atoms with Crippen molar-refractivity contribution in [3.05, 3.63) is 21.8 Å². The lowest BCUT2D eigenvalue weighted by Crippen LogP contribution is -2.16. The normalized spacial score (nSPS) is 11.1. The van der Waals surface area contributed by atoms with Crippen molar-refractivity contribution >= 4 is 21.7 Å². The van der Waals surface area contributed by atoms with Gasteiger partial charge in [-0.1, -0.05) is 20.8 Å². The van der Waals surface area contributed by atoms with E-state index in [1.54, 1.807) is 6.07 Å². The van der Waals surface area contributed by atoms with Crippen LogP contribution in [0.3, 0.4) is 0 Å². The first kappa shape index (κ1) is 11.0. The molecule has 1 aromatic rings. The Labute approximate surface area is 92.1 Å². The fourth-order valence-electron chi connectivity index (χ4n) is 1.12. The first-order chi connectivity index (χ1) is 6.36. The largest absolute Gasteiger partial charge is 0.383 e. The van der Waals surface area contributed by atoms with Crippen LogP contribution in [0, 0.1) is 11.3 Å². The van der Waals surface area contributed by atoms with E-state index >= 15 is 0 Å². The number of nitrogen functional groups attached to an aromatic ring is 1. The molecule has 0 aliphatic rings. The summed E-state index contributed by atoms with van der Waals surface area (Å²) in [4.78, 5) is 4.22. The minimum Gasteiger partial charge on any atom is -0.383 e. The molecule has 74 valence electrons. The maximum absolute atomic E-state index is 8.75. The molecule has 0 aliphatic carbocycles. The van der Waals surface area contributed by atoms with E-state index in [4.69, 9.17) is 11.0 Å². The fraction of sp³-hybridized carbons (Fsp3) is 0.400. The van der Waals surface area contributed by atoms with Crippen LogP contribution in [0.5, 0.6) is 0 Å². The minimum atomic E-state index is -0.0824. The molecular formula is C10H12BrN3. The molecule has 0 spiro atoms. The summed E-state index contributed by atoms with van der Waals surface area (Å²) in [5, 5.41) is 8.75. The second kappa shape index (κ2) is 3.58. The number of nitrogens with two attached hydrogens (primary N) is 1. The van der Waals surface area contributed by atoms with Crippen molar-refractivity contribution in [3.63, 3.8) is 0 Å². The SMILES string of the molecule is CC(C)(C)c1nc(N)c(C#N)cc1Br. The Morgan fingerprint density at radius 1 is 1.50 bits per heavy atom. The molecule has 0 amide bonds. The molecule has 1 aromatic heterocycles. The number of rotatable bonds is 0. The number of aromatic nitrogens is 1. The van der Waals surface area contributed by atoms with Gasteiger partial charge < -0.3 is 5.73 Å². The van der Waals surface area contributed by atoms with E-state index in [1.807, 2.05) is 26.8 Å². The van der Waals surface area contributed by atoms with Gasteiger partial charge in [0.1, 0.15) is 11.9 Å². The zero-order valence-electron chi connectivity index (χ0n) is 8.43. The highest BCUT2D eigenvalue weighted by atomic mass is 79.9. The number of nitriles is 1. The molecule has 4 heteroatoms. The van der Waals surface area contributed by atoms with Crippen molar-refractivity contribution < 1.29 is 0 Å². The Morgan fingerprint density at radius 2 is 2.07 bits per heavy atom. The zero-order chi connectivity index (χ0) is 10.9. The molecule has 2 N–H and O–H groups in total. The molecule has 0 aliphatic heterocycles. The molecule has 0 bridgehead atoms. The molecule has 0 radical (unpaired) electrons. The summed E-state index contributed by atoms with van der Waals surface area (Å²) in [6, 6.07) is 3.71. The highest BCUT2D eigenvalue weighted by Gasteiger charge is 2.20. The molecule has 0 aromatic carbocycles. The third kappa shape index (κ3) is 2.05. The van der Waals surface area contributed by atoms with E-state index in [-0.39, 0.29) is 5.41 Å².